The van der Waals surface area contributed by atoms with E-state index in [-0.39, 0.29) is 0 Å². The predicted molar refractivity (Wildman–Crippen MR) is 283 cm³/mol. The van der Waals surface area contributed by atoms with Crippen LogP contribution in [-0.2, 0) is 0 Å². The number of nitrogens with one attached hydrogen (secondary N) is 1. The van der Waals surface area contributed by atoms with Gasteiger partial charge in [0, 0.05) is 53.0 Å². The second-order valence-electron chi connectivity index (χ2n) is 17.6. The Morgan fingerprint density at radius 3 is 1.90 bits per heavy atom. The van der Waals surface area contributed by atoms with E-state index in [9.17, 15) is 0 Å². The molecule has 11 aromatic carbocycles. The van der Waals surface area contributed by atoms with E-state index in [1.165, 1.54) is 52.5 Å². The van der Waals surface area contributed by atoms with Gasteiger partial charge in [-0.15, -0.1) is 11.3 Å². The van der Waals surface area contributed by atoms with Gasteiger partial charge >= 0.3 is 0 Å². The molecular formula is C61H36N4OS. The van der Waals surface area contributed by atoms with Crippen LogP contribution in [0, 0.1) is 0 Å². The predicted octanol–water partition coefficient (Wildman–Crippen LogP) is 16.2. The Labute approximate surface area is 387 Å². The van der Waals surface area contributed by atoms with Crippen LogP contribution in [0.1, 0.15) is 22.9 Å². The van der Waals surface area contributed by atoms with Gasteiger partial charge in [0.2, 0.25) is 0 Å². The molecule has 14 aromatic rings. The Balaban J connectivity index is 1.03. The van der Waals surface area contributed by atoms with Gasteiger partial charge in [-0.2, -0.15) is 0 Å². The van der Waals surface area contributed by atoms with Crippen molar-refractivity contribution in [2.75, 3.05) is 0 Å². The Morgan fingerprint density at radius 1 is 0.433 bits per heavy atom. The van der Waals surface area contributed by atoms with Crippen molar-refractivity contribution in [2.24, 2.45) is 9.98 Å². The fourth-order valence-electron chi connectivity index (χ4n) is 11.0. The van der Waals surface area contributed by atoms with Gasteiger partial charge < -0.3 is 14.3 Å². The van der Waals surface area contributed by atoms with Crippen molar-refractivity contribution in [2.45, 2.75) is 6.17 Å². The molecule has 0 saturated heterocycles. The lowest BCUT2D eigenvalue weighted by Crippen LogP contribution is -2.36. The highest BCUT2D eigenvalue weighted by molar-refractivity contribution is 7.26. The number of hydrogen-bond acceptors (Lipinski definition) is 5. The van der Waals surface area contributed by atoms with Crippen LogP contribution >= 0.6 is 11.3 Å². The molecule has 5 nitrogen and oxygen atoms in total. The van der Waals surface area contributed by atoms with E-state index in [2.05, 4.69) is 216 Å². The highest BCUT2D eigenvalue weighted by Gasteiger charge is 2.29. The van der Waals surface area contributed by atoms with Crippen molar-refractivity contribution in [3.05, 3.63) is 223 Å². The van der Waals surface area contributed by atoms with E-state index in [4.69, 9.17) is 14.4 Å². The van der Waals surface area contributed by atoms with Gasteiger partial charge in [0.25, 0.3) is 0 Å². The first-order valence-electron chi connectivity index (χ1n) is 22.8. The molecule has 15 rings (SSSR count). The van der Waals surface area contributed by atoms with E-state index in [0.29, 0.717) is 0 Å². The molecule has 1 atom stereocenters. The third-order valence-corrected chi connectivity index (χ3v) is 15.2. The highest BCUT2D eigenvalue weighted by Crippen LogP contribution is 2.46. The summed E-state index contributed by atoms with van der Waals surface area (Å²) in [5.41, 5.74) is 7.95. The molecule has 0 radical (unpaired) electrons. The van der Waals surface area contributed by atoms with Crippen LogP contribution < -0.4 is 5.32 Å². The average Bonchev–Trinajstić information content (AvgIpc) is 4.07. The summed E-state index contributed by atoms with van der Waals surface area (Å²) in [6, 6.07) is 74.3. The minimum atomic E-state index is -0.642. The number of aromatic nitrogens is 1. The number of thiophene rings is 1. The van der Waals surface area contributed by atoms with Gasteiger partial charge in [-0.05, 0) is 97.7 Å². The summed E-state index contributed by atoms with van der Waals surface area (Å²) >= 11 is 1.81. The number of fused-ring (bicyclic) bond motifs is 15. The average molecular weight is 873 g/mol. The van der Waals surface area contributed by atoms with Gasteiger partial charge in [-0.3, -0.25) is 0 Å². The molecule has 4 heterocycles. The molecule has 0 saturated carbocycles. The van der Waals surface area contributed by atoms with Gasteiger partial charge in [0.15, 0.2) is 6.17 Å². The molecular weight excluding hydrogens is 837 g/mol. The first-order valence-corrected chi connectivity index (χ1v) is 23.6. The zero-order valence-corrected chi connectivity index (χ0v) is 36.7. The van der Waals surface area contributed by atoms with Crippen LogP contribution in [0.15, 0.2) is 221 Å². The lowest BCUT2D eigenvalue weighted by atomic mass is 9.95. The van der Waals surface area contributed by atoms with Gasteiger partial charge in [-0.1, -0.05) is 152 Å². The number of nitrogens with zero attached hydrogens (tertiary/aromatic N) is 3. The van der Waals surface area contributed by atoms with Crippen molar-refractivity contribution in [3.8, 4) is 5.69 Å². The SMILES string of the molecule is c1ccc2cc3c(cc2c1)c1ccccc1n3-c1cccc2oc3c(C4N=C(c5cc6ccccc6c6ccccc56)NC(c5cccc6c5sc5ccccc56)=N4)cc4ccccc4c3c12. The molecule has 67 heavy (non-hydrogen) atoms. The molecule has 1 aliphatic heterocycles. The van der Waals surface area contributed by atoms with Crippen LogP contribution in [0.2, 0.25) is 0 Å². The van der Waals surface area contributed by atoms with Crippen molar-refractivity contribution >= 4 is 130 Å². The first kappa shape index (κ1) is 36.7. The van der Waals surface area contributed by atoms with E-state index in [1.54, 1.807) is 0 Å². The fourth-order valence-corrected chi connectivity index (χ4v) is 12.2. The fraction of sp³-hybridized carbons (Fsp3) is 0.0164. The number of hydrogen-bond donors (Lipinski definition) is 1. The summed E-state index contributed by atoms with van der Waals surface area (Å²) in [6.07, 6.45) is -0.642. The topological polar surface area (TPSA) is 54.8 Å². The van der Waals surface area contributed by atoms with Crippen molar-refractivity contribution in [3.63, 3.8) is 0 Å². The molecule has 0 aliphatic carbocycles. The third kappa shape index (κ3) is 5.36. The number of aliphatic imine (C=N–C) groups is 2. The zero-order valence-electron chi connectivity index (χ0n) is 35.9. The van der Waals surface area contributed by atoms with E-state index >= 15 is 0 Å². The molecule has 0 bridgehead atoms. The van der Waals surface area contributed by atoms with Crippen molar-refractivity contribution in [1.82, 2.24) is 9.88 Å². The second kappa shape index (κ2) is 14.0. The first-order chi connectivity index (χ1) is 33.2. The Bertz CT molecular complexity index is 4510. The number of rotatable bonds is 4. The minimum Gasteiger partial charge on any atom is -0.456 e. The molecule has 1 N–H and O–H groups in total. The number of amidine groups is 2. The molecule has 0 amide bonds. The molecule has 0 spiro atoms. The number of furan rings is 1. The largest absolute Gasteiger partial charge is 0.456 e. The molecule has 1 aliphatic rings. The Morgan fingerprint density at radius 2 is 1.06 bits per heavy atom. The standard InChI is InChI=1S/C61H36N4OS/c1-2-16-36-34-52-47(31-35(36)15-1)43-23-9-11-27-50(43)65(52)51-28-14-29-53-56(51)55-40-20-6-4-18-38(40)33-49(57(55)66-53)61-63-59(46-26-13-25-45-44-24-10-12-30-54(44)67-58(45)46)62-60(64-61)48-32-37-17-3-5-19-39(37)41-21-7-8-22-42(41)48/h1-34,61H,(H,62,63,64). The third-order valence-electron chi connectivity index (χ3n) is 14.0. The monoisotopic (exact) mass is 872 g/mol. The van der Waals surface area contributed by atoms with Gasteiger partial charge in [-0.25, -0.2) is 9.98 Å². The molecule has 6 heteroatoms. The Kier molecular flexibility index (Phi) is 7.65. The Hall–Kier alpha value is -8.58. The maximum absolute atomic E-state index is 7.23. The smallest absolute Gasteiger partial charge is 0.173 e. The van der Waals surface area contributed by atoms with Crippen LogP contribution in [0.25, 0.3) is 113 Å². The van der Waals surface area contributed by atoms with Crippen LogP contribution in [0.3, 0.4) is 0 Å². The maximum Gasteiger partial charge on any atom is 0.173 e. The molecule has 3 aromatic heterocycles. The van der Waals surface area contributed by atoms with Crippen molar-refractivity contribution in [1.29, 1.82) is 0 Å². The summed E-state index contributed by atoms with van der Waals surface area (Å²) < 4.78 is 12.1. The van der Waals surface area contributed by atoms with Crippen LogP contribution in [0.4, 0.5) is 0 Å². The minimum absolute atomic E-state index is 0.642. The van der Waals surface area contributed by atoms with Gasteiger partial charge in [0.05, 0.1) is 22.1 Å². The quantitative estimate of drug-likeness (QED) is 0.179. The normalized spacial score (nSPS) is 14.4. The molecule has 0 fully saturated rings. The second-order valence-corrected chi connectivity index (χ2v) is 18.7. The lowest BCUT2D eigenvalue weighted by Gasteiger charge is -2.24. The number of benzene rings is 11. The van der Waals surface area contributed by atoms with Gasteiger partial charge in [0.1, 0.15) is 22.8 Å². The lowest BCUT2D eigenvalue weighted by molar-refractivity contribution is 0.649. The van der Waals surface area contributed by atoms with Crippen LogP contribution in [-0.4, -0.2) is 16.2 Å². The highest BCUT2D eigenvalue weighted by atomic mass is 32.1. The van der Waals surface area contributed by atoms with E-state index < -0.39 is 6.17 Å². The number of para-hydroxylation sites is 1. The zero-order chi connectivity index (χ0) is 43.7. The molecule has 1 unspecified atom stereocenters. The van der Waals surface area contributed by atoms with Crippen molar-refractivity contribution < 1.29 is 4.42 Å². The van der Waals surface area contributed by atoms with E-state index in [1.807, 2.05) is 11.3 Å². The summed E-state index contributed by atoms with van der Waals surface area (Å²) in [6.45, 7) is 0. The van der Waals surface area contributed by atoms with E-state index in [0.717, 1.165) is 88.6 Å². The summed E-state index contributed by atoms with van der Waals surface area (Å²) in [5, 5.41) is 20.2. The summed E-state index contributed by atoms with van der Waals surface area (Å²) in [4.78, 5) is 11.3. The summed E-state index contributed by atoms with van der Waals surface area (Å²) in [7, 11) is 0. The molecule has 312 valence electrons. The summed E-state index contributed by atoms with van der Waals surface area (Å²) in [5.74, 6) is 1.55. The maximum atomic E-state index is 7.23. The van der Waals surface area contributed by atoms with Crippen LogP contribution in [0.5, 0.6) is 0 Å².